The summed E-state index contributed by atoms with van der Waals surface area (Å²) >= 11 is 0. The summed E-state index contributed by atoms with van der Waals surface area (Å²) in [6, 6.07) is 12.5. The van der Waals surface area contributed by atoms with E-state index in [2.05, 4.69) is 15.1 Å². The number of nitrogens with zero attached hydrogens (tertiary/aromatic N) is 5. The van der Waals surface area contributed by atoms with Gasteiger partial charge in [0.15, 0.2) is 0 Å². The number of halogens is 1. The molecule has 2 heterocycles. The number of hydrogen-bond acceptors (Lipinski definition) is 4. The number of amides is 1. The standard InChI is InChI=1S/C26H28FN5O/c1-16-6-9-21(10-7-16)19(4)31(24-14-17(2)8-12-23(24)27)25(33)13-11-22-18(3)30-26-28-15-29-32(26)20(22)5/h6-10,12,14-15,19H,11,13H2,1-5H3. The second-order valence-electron chi connectivity index (χ2n) is 8.54. The highest BCUT2D eigenvalue weighted by Crippen LogP contribution is 2.31. The van der Waals surface area contributed by atoms with Crippen LogP contribution < -0.4 is 4.90 Å². The molecule has 0 saturated heterocycles. The molecule has 0 saturated carbocycles. The zero-order chi connectivity index (χ0) is 23.7. The van der Waals surface area contributed by atoms with Gasteiger partial charge in [0.2, 0.25) is 5.91 Å². The molecule has 7 heteroatoms. The van der Waals surface area contributed by atoms with Crippen LogP contribution in [0.5, 0.6) is 0 Å². The van der Waals surface area contributed by atoms with Gasteiger partial charge in [0, 0.05) is 17.8 Å². The van der Waals surface area contributed by atoms with E-state index in [1.165, 1.54) is 12.4 Å². The lowest BCUT2D eigenvalue weighted by Crippen LogP contribution is -2.34. The quantitative estimate of drug-likeness (QED) is 0.408. The smallest absolute Gasteiger partial charge is 0.252 e. The molecule has 2 aromatic heterocycles. The molecule has 1 atom stereocenters. The van der Waals surface area contributed by atoms with Crippen LogP contribution in [0.3, 0.4) is 0 Å². The molecule has 0 bridgehead atoms. The maximum Gasteiger partial charge on any atom is 0.252 e. The van der Waals surface area contributed by atoms with Crippen molar-refractivity contribution in [3.8, 4) is 0 Å². The number of carbonyl (C=O) groups excluding carboxylic acids is 1. The van der Waals surface area contributed by atoms with E-state index in [1.54, 1.807) is 21.5 Å². The van der Waals surface area contributed by atoms with Gasteiger partial charge in [0.25, 0.3) is 5.78 Å². The Kier molecular flexibility index (Phi) is 6.22. The average molecular weight is 446 g/mol. The molecule has 0 spiro atoms. The first-order valence-corrected chi connectivity index (χ1v) is 11.1. The highest BCUT2D eigenvalue weighted by Gasteiger charge is 2.26. The van der Waals surface area contributed by atoms with E-state index in [1.807, 2.05) is 58.9 Å². The van der Waals surface area contributed by atoms with Gasteiger partial charge in [0.1, 0.15) is 12.1 Å². The predicted molar refractivity (Wildman–Crippen MR) is 127 cm³/mol. The van der Waals surface area contributed by atoms with Crippen LogP contribution >= 0.6 is 0 Å². The first-order valence-electron chi connectivity index (χ1n) is 11.1. The van der Waals surface area contributed by atoms with Crippen molar-refractivity contribution in [1.29, 1.82) is 0 Å². The maximum atomic E-state index is 14.9. The zero-order valence-corrected chi connectivity index (χ0v) is 19.6. The molecule has 1 unspecified atom stereocenters. The Balaban J connectivity index is 1.67. The van der Waals surface area contributed by atoms with E-state index in [0.29, 0.717) is 17.9 Å². The predicted octanol–water partition coefficient (Wildman–Crippen LogP) is 5.22. The first kappa shape index (κ1) is 22.6. The molecule has 4 rings (SSSR count). The SMILES string of the molecule is Cc1ccc(C(C)N(C(=O)CCc2c(C)nc3ncnn3c2C)c2cc(C)ccc2F)cc1. The van der Waals surface area contributed by atoms with Crippen molar-refractivity contribution in [3.63, 3.8) is 0 Å². The van der Waals surface area contributed by atoms with Gasteiger partial charge in [-0.25, -0.2) is 13.9 Å². The molecule has 170 valence electrons. The Morgan fingerprint density at radius 1 is 1.06 bits per heavy atom. The van der Waals surface area contributed by atoms with E-state index in [4.69, 9.17) is 0 Å². The highest BCUT2D eigenvalue weighted by molar-refractivity contribution is 5.94. The number of aryl methyl sites for hydroxylation is 4. The monoisotopic (exact) mass is 445 g/mol. The molecule has 1 amide bonds. The average Bonchev–Trinajstić information content (AvgIpc) is 3.25. The number of anilines is 1. The molecule has 0 aliphatic heterocycles. The van der Waals surface area contributed by atoms with E-state index in [9.17, 15) is 9.18 Å². The first-order chi connectivity index (χ1) is 15.8. The summed E-state index contributed by atoms with van der Waals surface area (Å²) in [5.41, 5.74) is 5.96. The van der Waals surface area contributed by atoms with Gasteiger partial charge in [-0.3, -0.25) is 4.79 Å². The fourth-order valence-electron chi connectivity index (χ4n) is 4.23. The summed E-state index contributed by atoms with van der Waals surface area (Å²) in [5, 5.41) is 4.22. The molecule has 4 aromatic rings. The molecule has 6 nitrogen and oxygen atoms in total. The van der Waals surface area contributed by atoms with E-state index < -0.39 is 5.82 Å². The van der Waals surface area contributed by atoms with Gasteiger partial charge in [-0.15, -0.1) is 0 Å². The van der Waals surface area contributed by atoms with Crippen molar-refractivity contribution in [3.05, 3.63) is 88.3 Å². The minimum Gasteiger partial charge on any atom is -0.302 e. The van der Waals surface area contributed by atoms with Gasteiger partial charge < -0.3 is 4.90 Å². The van der Waals surface area contributed by atoms with E-state index in [0.717, 1.165) is 33.6 Å². The van der Waals surface area contributed by atoms with Gasteiger partial charge >= 0.3 is 0 Å². The molecule has 0 radical (unpaired) electrons. The number of hydrogen-bond donors (Lipinski definition) is 0. The lowest BCUT2D eigenvalue weighted by atomic mass is 10.0. The summed E-state index contributed by atoms with van der Waals surface area (Å²) in [6.45, 7) is 9.71. The van der Waals surface area contributed by atoms with Gasteiger partial charge in [-0.1, -0.05) is 35.9 Å². The third-order valence-electron chi connectivity index (χ3n) is 6.15. The van der Waals surface area contributed by atoms with Crippen LogP contribution in [0, 0.1) is 33.5 Å². The molecule has 2 aromatic carbocycles. The fraction of sp³-hybridized carbons (Fsp3) is 0.308. The van der Waals surface area contributed by atoms with E-state index >= 15 is 0 Å². The number of carbonyl (C=O) groups is 1. The minimum atomic E-state index is -0.411. The fourth-order valence-corrected chi connectivity index (χ4v) is 4.23. The van der Waals surface area contributed by atoms with Crippen LogP contribution in [0.1, 0.15) is 53.0 Å². The third kappa shape index (κ3) is 4.49. The zero-order valence-electron chi connectivity index (χ0n) is 19.6. The summed E-state index contributed by atoms with van der Waals surface area (Å²) in [4.78, 5) is 23.8. The number of fused-ring (bicyclic) bond motifs is 1. The molecular formula is C26H28FN5O. The van der Waals surface area contributed by atoms with E-state index in [-0.39, 0.29) is 18.4 Å². The third-order valence-corrected chi connectivity index (χ3v) is 6.15. The molecule has 0 fully saturated rings. The van der Waals surface area contributed by atoms with Crippen molar-refractivity contribution in [2.24, 2.45) is 0 Å². The lowest BCUT2D eigenvalue weighted by Gasteiger charge is -2.31. The van der Waals surface area contributed by atoms with Gasteiger partial charge in [-0.2, -0.15) is 10.1 Å². The van der Waals surface area contributed by atoms with Crippen molar-refractivity contribution in [2.45, 2.75) is 53.5 Å². The Labute approximate surface area is 193 Å². The second-order valence-corrected chi connectivity index (χ2v) is 8.54. The van der Waals surface area contributed by atoms with Crippen LogP contribution in [0.2, 0.25) is 0 Å². The lowest BCUT2D eigenvalue weighted by molar-refractivity contribution is -0.119. The van der Waals surface area contributed by atoms with Crippen LogP contribution in [0.4, 0.5) is 10.1 Å². The van der Waals surface area contributed by atoms with Gasteiger partial charge in [-0.05, 0) is 69.9 Å². The summed E-state index contributed by atoms with van der Waals surface area (Å²) in [7, 11) is 0. The Bertz CT molecular complexity index is 1310. The van der Waals surface area contributed by atoms with Crippen LogP contribution in [-0.2, 0) is 11.2 Å². The largest absolute Gasteiger partial charge is 0.302 e. The number of aromatic nitrogens is 4. The van der Waals surface area contributed by atoms with Crippen LogP contribution in [0.15, 0.2) is 48.8 Å². The summed E-state index contributed by atoms with van der Waals surface area (Å²) < 4.78 is 16.6. The van der Waals surface area contributed by atoms with Crippen molar-refractivity contribution >= 4 is 17.4 Å². The van der Waals surface area contributed by atoms with Crippen molar-refractivity contribution < 1.29 is 9.18 Å². The Morgan fingerprint density at radius 3 is 2.48 bits per heavy atom. The molecule has 0 N–H and O–H groups in total. The maximum absolute atomic E-state index is 14.9. The second kappa shape index (κ2) is 9.10. The van der Waals surface area contributed by atoms with Crippen LogP contribution in [0.25, 0.3) is 5.78 Å². The van der Waals surface area contributed by atoms with Crippen LogP contribution in [-0.4, -0.2) is 25.5 Å². The summed E-state index contributed by atoms with van der Waals surface area (Å²) in [6.07, 6.45) is 2.16. The Morgan fingerprint density at radius 2 is 1.76 bits per heavy atom. The minimum absolute atomic E-state index is 0.148. The van der Waals surface area contributed by atoms with Gasteiger partial charge in [0.05, 0.1) is 11.7 Å². The molecule has 0 aliphatic carbocycles. The van der Waals surface area contributed by atoms with Crippen molar-refractivity contribution in [1.82, 2.24) is 19.6 Å². The molecule has 33 heavy (non-hydrogen) atoms. The number of rotatable bonds is 6. The topological polar surface area (TPSA) is 63.4 Å². The Hall–Kier alpha value is -3.61. The molecule has 0 aliphatic rings. The van der Waals surface area contributed by atoms with Crippen molar-refractivity contribution in [2.75, 3.05) is 4.90 Å². The highest BCUT2D eigenvalue weighted by atomic mass is 19.1. The molecular weight excluding hydrogens is 417 g/mol. The summed E-state index contributed by atoms with van der Waals surface area (Å²) in [5.74, 6) is -0.0208. The number of benzene rings is 2. The normalized spacial score (nSPS) is 12.2.